The number of nitrogens with zero attached hydrogens (tertiary/aromatic N) is 1. The molecule has 1 heterocycles. The first kappa shape index (κ1) is 13.9. The van der Waals surface area contributed by atoms with Crippen molar-refractivity contribution in [1.82, 2.24) is 14.9 Å². The zero-order chi connectivity index (χ0) is 12.2. The molecule has 5 nitrogen and oxygen atoms in total. The van der Waals surface area contributed by atoms with Gasteiger partial charge in [-0.05, 0) is 47.0 Å². The van der Waals surface area contributed by atoms with Gasteiger partial charge in [0.05, 0.1) is 5.25 Å². The second-order valence-electron chi connectivity index (χ2n) is 4.77. The Bertz CT molecular complexity index is 297. The summed E-state index contributed by atoms with van der Waals surface area (Å²) in [7, 11) is 0.838. The van der Waals surface area contributed by atoms with Crippen LogP contribution < -0.4 is 10.0 Å². The van der Waals surface area contributed by atoms with E-state index in [1.807, 2.05) is 21.0 Å². The molecule has 1 aliphatic heterocycles. The van der Waals surface area contributed by atoms with Crippen LogP contribution in [0.2, 0.25) is 0 Å². The third kappa shape index (κ3) is 4.37. The first-order chi connectivity index (χ1) is 7.42. The summed E-state index contributed by atoms with van der Waals surface area (Å²) in [5.41, 5.74) is 0. The van der Waals surface area contributed by atoms with Crippen LogP contribution >= 0.6 is 0 Å². The number of hydrogen-bond acceptors (Lipinski definition) is 4. The lowest BCUT2D eigenvalue weighted by molar-refractivity contribution is 0.378. The molecular formula is C10H23N3O2S. The van der Waals surface area contributed by atoms with Crippen LogP contribution in [0.5, 0.6) is 0 Å². The summed E-state index contributed by atoms with van der Waals surface area (Å²) >= 11 is 0. The fourth-order valence-corrected chi connectivity index (χ4v) is 3.42. The summed E-state index contributed by atoms with van der Waals surface area (Å²) in [6, 6.07) is 0.00741. The maximum absolute atomic E-state index is 11.9. The van der Waals surface area contributed by atoms with E-state index in [0.717, 1.165) is 25.9 Å². The zero-order valence-corrected chi connectivity index (χ0v) is 11.2. The molecule has 96 valence electrons. The van der Waals surface area contributed by atoms with Gasteiger partial charge in [0, 0.05) is 12.6 Å². The molecule has 0 spiro atoms. The van der Waals surface area contributed by atoms with Crippen molar-refractivity contribution in [3.8, 4) is 0 Å². The molecule has 1 saturated heterocycles. The minimum atomic E-state index is -3.14. The molecule has 2 atom stereocenters. The van der Waals surface area contributed by atoms with Gasteiger partial charge in [-0.2, -0.15) is 0 Å². The highest BCUT2D eigenvalue weighted by atomic mass is 32.2. The summed E-state index contributed by atoms with van der Waals surface area (Å²) < 4.78 is 26.6. The Morgan fingerprint density at radius 3 is 2.69 bits per heavy atom. The van der Waals surface area contributed by atoms with Crippen LogP contribution in [-0.2, 0) is 10.0 Å². The smallest absolute Gasteiger partial charge is 0.216 e. The molecule has 0 radical (unpaired) electrons. The number of sulfonamides is 1. The van der Waals surface area contributed by atoms with Crippen molar-refractivity contribution in [2.24, 2.45) is 0 Å². The Morgan fingerprint density at radius 2 is 2.19 bits per heavy atom. The van der Waals surface area contributed by atoms with Gasteiger partial charge in [-0.15, -0.1) is 0 Å². The highest BCUT2D eigenvalue weighted by Crippen LogP contribution is 2.09. The van der Waals surface area contributed by atoms with Crippen LogP contribution in [0.1, 0.15) is 19.8 Å². The summed E-state index contributed by atoms with van der Waals surface area (Å²) in [6.07, 6.45) is 1.56. The van der Waals surface area contributed by atoms with E-state index >= 15 is 0 Å². The second-order valence-corrected chi connectivity index (χ2v) is 6.76. The van der Waals surface area contributed by atoms with Gasteiger partial charge in [0.2, 0.25) is 10.0 Å². The Hall–Kier alpha value is -0.170. The van der Waals surface area contributed by atoms with Gasteiger partial charge in [-0.3, -0.25) is 0 Å². The van der Waals surface area contributed by atoms with E-state index in [9.17, 15) is 8.42 Å². The van der Waals surface area contributed by atoms with Crippen molar-refractivity contribution in [2.75, 3.05) is 33.7 Å². The number of hydrogen-bond donors (Lipinski definition) is 2. The van der Waals surface area contributed by atoms with Gasteiger partial charge < -0.3 is 10.2 Å². The van der Waals surface area contributed by atoms with Crippen LogP contribution in [-0.4, -0.2) is 58.3 Å². The highest BCUT2D eigenvalue weighted by Gasteiger charge is 2.29. The van der Waals surface area contributed by atoms with E-state index in [0.29, 0.717) is 6.54 Å². The Balaban J connectivity index is 2.39. The average molecular weight is 249 g/mol. The first-order valence-corrected chi connectivity index (χ1v) is 7.33. The molecule has 2 unspecified atom stereocenters. The molecule has 6 heteroatoms. The van der Waals surface area contributed by atoms with E-state index in [1.54, 1.807) is 0 Å². The Kier molecular flexibility index (Phi) is 5.17. The van der Waals surface area contributed by atoms with Crippen LogP contribution in [0.4, 0.5) is 0 Å². The van der Waals surface area contributed by atoms with Gasteiger partial charge in [0.1, 0.15) is 0 Å². The standard InChI is InChI=1S/C10H23N3O2S/c1-9(5-7-13(2)3)12-16(14,15)10-4-6-11-8-10/h9-12H,4-8H2,1-3H3. The summed E-state index contributed by atoms with van der Waals surface area (Å²) in [4.78, 5) is 2.06. The summed E-state index contributed by atoms with van der Waals surface area (Å²) in [6.45, 7) is 4.20. The van der Waals surface area contributed by atoms with Crippen molar-refractivity contribution < 1.29 is 8.42 Å². The minimum Gasteiger partial charge on any atom is -0.315 e. The normalized spacial score (nSPS) is 23.9. The molecule has 1 rings (SSSR count). The Morgan fingerprint density at radius 1 is 1.50 bits per heavy atom. The van der Waals surface area contributed by atoms with Crippen LogP contribution in [0, 0.1) is 0 Å². The van der Waals surface area contributed by atoms with Crippen molar-refractivity contribution >= 4 is 10.0 Å². The van der Waals surface area contributed by atoms with Crippen LogP contribution in [0.3, 0.4) is 0 Å². The van der Waals surface area contributed by atoms with Gasteiger partial charge in [-0.25, -0.2) is 13.1 Å². The molecule has 0 amide bonds. The summed E-state index contributed by atoms with van der Waals surface area (Å²) in [5, 5.41) is 2.82. The van der Waals surface area contributed by atoms with Crippen LogP contribution in [0.25, 0.3) is 0 Å². The van der Waals surface area contributed by atoms with E-state index in [1.165, 1.54) is 0 Å². The second kappa shape index (κ2) is 5.95. The molecule has 16 heavy (non-hydrogen) atoms. The quantitative estimate of drug-likeness (QED) is 0.673. The minimum absolute atomic E-state index is 0.00741. The molecule has 0 aromatic carbocycles. The van der Waals surface area contributed by atoms with Gasteiger partial charge in [-0.1, -0.05) is 0 Å². The maximum Gasteiger partial charge on any atom is 0.216 e. The lowest BCUT2D eigenvalue weighted by atomic mass is 10.2. The lowest BCUT2D eigenvalue weighted by Gasteiger charge is -2.19. The third-order valence-corrected chi connectivity index (χ3v) is 4.84. The largest absolute Gasteiger partial charge is 0.315 e. The maximum atomic E-state index is 11.9. The topological polar surface area (TPSA) is 61.4 Å². The third-order valence-electron chi connectivity index (χ3n) is 2.83. The van der Waals surface area contributed by atoms with Crippen molar-refractivity contribution in [2.45, 2.75) is 31.1 Å². The SMILES string of the molecule is CC(CCN(C)C)NS(=O)(=O)C1CCNC1. The van der Waals surface area contributed by atoms with E-state index < -0.39 is 10.0 Å². The molecule has 1 aliphatic rings. The van der Waals surface area contributed by atoms with Gasteiger partial charge >= 0.3 is 0 Å². The fraction of sp³-hybridized carbons (Fsp3) is 1.00. The summed E-state index contributed by atoms with van der Waals surface area (Å²) in [5.74, 6) is 0. The van der Waals surface area contributed by atoms with E-state index in [-0.39, 0.29) is 11.3 Å². The molecule has 1 fully saturated rings. The van der Waals surface area contributed by atoms with Crippen molar-refractivity contribution in [3.05, 3.63) is 0 Å². The molecule has 0 aromatic heterocycles. The molecule has 2 N–H and O–H groups in total. The fourth-order valence-electron chi connectivity index (χ4n) is 1.78. The predicted octanol–water partition coefficient (Wildman–Crippen LogP) is -0.392. The highest BCUT2D eigenvalue weighted by molar-refractivity contribution is 7.90. The Labute approximate surface area is 98.6 Å². The van der Waals surface area contributed by atoms with E-state index in [2.05, 4.69) is 14.9 Å². The zero-order valence-electron chi connectivity index (χ0n) is 10.4. The van der Waals surface area contributed by atoms with E-state index in [4.69, 9.17) is 0 Å². The van der Waals surface area contributed by atoms with Gasteiger partial charge in [0.25, 0.3) is 0 Å². The molecule has 0 aromatic rings. The molecule has 0 saturated carbocycles. The van der Waals surface area contributed by atoms with Crippen molar-refractivity contribution in [1.29, 1.82) is 0 Å². The number of rotatable bonds is 6. The molecule has 0 aliphatic carbocycles. The first-order valence-electron chi connectivity index (χ1n) is 5.78. The molecule has 0 bridgehead atoms. The van der Waals surface area contributed by atoms with Gasteiger partial charge in [0.15, 0.2) is 0 Å². The number of nitrogens with one attached hydrogen (secondary N) is 2. The predicted molar refractivity (Wildman–Crippen MR) is 66.0 cm³/mol. The lowest BCUT2D eigenvalue weighted by Crippen LogP contribution is -2.41. The molecular weight excluding hydrogens is 226 g/mol. The van der Waals surface area contributed by atoms with Crippen LogP contribution in [0.15, 0.2) is 0 Å². The average Bonchev–Trinajstić information content (AvgIpc) is 2.67. The van der Waals surface area contributed by atoms with Crippen molar-refractivity contribution in [3.63, 3.8) is 0 Å². The monoisotopic (exact) mass is 249 g/mol.